The Balaban J connectivity index is 2.02. The van der Waals surface area contributed by atoms with Crippen molar-refractivity contribution in [2.45, 2.75) is 39.2 Å². The van der Waals surface area contributed by atoms with E-state index in [1.807, 2.05) is 11.3 Å². The maximum atomic E-state index is 6.03. The zero-order valence-corrected chi connectivity index (χ0v) is 11.7. The molecule has 2 N–H and O–H groups in total. The first kappa shape index (κ1) is 11.9. The van der Waals surface area contributed by atoms with Crippen LogP contribution in [0.2, 0.25) is 0 Å². The van der Waals surface area contributed by atoms with Crippen LogP contribution in [0, 0.1) is 13.8 Å². The van der Waals surface area contributed by atoms with E-state index in [2.05, 4.69) is 32.0 Å². The van der Waals surface area contributed by atoms with Crippen molar-refractivity contribution >= 4 is 11.3 Å². The topological polar surface area (TPSA) is 38.9 Å². The van der Waals surface area contributed by atoms with E-state index in [1.165, 1.54) is 27.3 Å². The quantitative estimate of drug-likeness (QED) is 0.853. The van der Waals surface area contributed by atoms with Gasteiger partial charge in [0.1, 0.15) is 5.01 Å². The van der Waals surface area contributed by atoms with Crippen molar-refractivity contribution in [1.29, 1.82) is 0 Å². The zero-order chi connectivity index (χ0) is 12.7. The number of fused-ring (bicyclic) bond motifs is 1. The van der Waals surface area contributed by atoms with E-state index in [9.17, 15) is 0 Å². The Morgan fingerprint density at radius 1 is 1.33 bits per heavy atom. The summed E-state index contributed by atoms with van der Waals surface area (Å²) in [6, 6.07) is 6.90. The lowest BCUT2D eigenvalue weighted by atomic mass is 9.99. The van der Waals surface area contributed by atoms with Crippen LogP contribution in [0.1, 0.15) is 28.1 Å². The van der Waals surface area contributed by atoms with Crippen LogP contribution >= 0.6 is 11.3 Å². The van der Waals surface area contributed by atoms with Crippen LogP contribution in [0.3, 0.4) is 0 Å². The summed E-state index contributed by atoms with van der Waals surface area (Å²) in [7, 11) is 0. The average Bonchev–Trinajstić information content (AvgIpc) is 2.71. The Labute approximate surface area is 112 Å². The zero-order valence-electron chi connectivity index (χ0n) is 10.9. The molecule has 1 aliphatic carbocycles. The Kier molecular flexibility index (Phi) is 2.96. The van der Waals surface area contributed by atoms with Gasteiger partial charge in [0.25, 0.3) is 0 Å². The van der Waals surface area contributed by atoms with Gasteiger partial charge in [-0.1, -0.05) is 23.8 Å². The molecule has 0 fully saturated rings. The third kappa shape index (κ3) is 2.08. The molecule has 1 aliphatic rings. The Morgan fingerprint density at radius 3 is 2.94 bits per heavy atom. The van der Waals surface area contributed by atoms with E-state index >= 15 is 0 Å². The standard InChI is InChI=1S/C15H18N2S/c1-9-3-5-12(10(2)7-9)15-17-13-6-4-11(16)8-14(13)18-15/h3,5,7,11H,4,6,8,16H2,1-2H3. The summed E-state index contributed by atoms with van der Waals surface area (Å²) in [6.45, 7) is 4.29. The molecule has 0 radical (unpaired) electrons. The van der Waals surface area contributed by atoms with Gasteiger partial charge in [-0.25, -0.2) is 4.98 Å². The van der Waals surface area contributed by atoms with E-state index in [0.717, 1.165) is 24.3 Å². The van der Waals surface area contributed by atoms with E-state index in [-0.39, 0.29) is 0 Å². The van der Waals surface area contributed by atoms with Crippen molar-refractivity contribution in [3.05, 3.63) is 39.9 Å². The molecule has 18 heavy (non-hydrogen) atoms. The lowest BCUT2D eigenvalue weighted by molar-refractivity contribution is 0.576. The molecule has 94 valence electrons. The predicted octanol–water partition coefficient (Wildman–Crippen LogP) is 3.24. The summed E-state index contributed by atoms with van der Waals surface area (Å²) in [6.07, 6.45) is 3.11. The van der Waals surface area contributed by atoms with Gasteiger partial charge in [-0.05, 0) is 38.7 Å². The monoisotopic (exact) mass is 258 g/mol. The summed E-state index contributed by atoms with van der Waals surface area (Å²) < 4.78 is 0. The highest BCUT2D eigenvalue weighted by Gasteiger charge is 2.20. The number of thiazole rings is 1. The molecule has 2 aromatic rings. The Hall–Kier alpha value is -1.19. The minimum atomic E-state index is 0.324. The van der Waals surface area contributed by atoms with Crippen molar-refractivity contribution in [3.8, 4) is 10.6 Å². The second-order valence-corrected chi connectivity index (χ2v) is 6.29. The van der Waals surface area contributed by atoms with Gasteiger partial charge < -0.3 is 5.73 Å². The number of benzene rings is 1. The number of hydrogen-bond acceptors (Lipinski definition) is 3. The van der Waals surface area contributed by atoms with Gasteiger partial charge in [0.15, 0.2) is 0 Å². The second-order valence-electron chi connectivity index (χ2n) is 5.21. The van der Waals surface area contributed by atoms with E-state index in [1.54, 1.807) is 0 Å². The van der Waals surface area contributed by atoms with Gasteiger partial charge in [-0.2, -0.15) is 0 Å². The SMILES string of the molecule is Cc1ccc(-c2nc3c(s2)CC(N)CC3)c(C)c1. The molecule has 0 bridgehead atoms. The molecule has 1 heterocycles. The summed E-state index contributed by atoms with van der Waals surface area (Å²) in [5, 5.41) is 1.16. The maximum Gasteiger partial charge on any atom is 0.124 e. The molecule has 1 aromatic heterocycles. The first-order chi connectivity index (χ1) is 8.63. The molecular weight excluding hydrogens is 240 g/mol. The summed E-state index contributed by atoms with van der Waals surface area (Å²) in [5.41, 5.74) is 11.2. The lowest BCUT2D eigenvalue weighted by Gasteiger charge is -2.15. The summed E-state index contributed by atoms with van der Waals surface area (Å²) in [4.78, 5) is 6.20. The molecule has 0 amide bonds. The second kappa shape index (κ2) is 4.48. The number of aryl methyl sites for hydroxylation is 3. The van der Waals surface area contributed by atoms with Crippen LogP contribution in [0.25, 0.3) is 10.6 Å². The molecule has 2 nitrogen and oxygen atoms in total. The average molecular weight is 258 g/mol. The Bertz CT molecular complexity index is 586. The number of nitrogens with zero attached hydrogens (tertiary/aromatic N) is 1. The molecule has 1 atom stereocenters. The normalized spacial score (nSPS) is 18.7. The highest BCUT2D eigenvalue weighted by atomic mass is 32.1. The van der Waals surface area contributed by atoms with E-state index in [0.29, 0.717) is 6.04 Å². The fourth-order valence-electron chi connectivity index (χ4n) is 2.57. The van der Waals surface area contributed by atoms with Gasteiger partial charge >= 0.3 is 0 Å². The van der Waals surface area contributed by atoms with Gasteiger partial charge in [0, 0.05) is 16.5 Å². The Morgan fingerprint density at radius 2 is 2.17 bits per heavy atom. The first-order valence-corrected chi connectivity index (χ1v) is 7.27. The van der Waals surface area contributed by atoms with E-state index in [4.69, 9.17) is 10.7 Å². The van der Waals surface area contributed by atoms with Crippen molar-refractivity contribution < 1.29 is 0 Å². The van der Waals surface area contributed by atoms with Crippen LogP contribution in [0.4, 0.5) is 0 Å². The van der Waals surface area contributed by atoms with E-state index < -0.39 is 0 Å². The minimum absolute atomic E-state index is 0.324. The minimum Gasteiger partial charge on any atom is -0.327 e. The largest absolute Gasteiger partial charge is 0.327 e. The number of hydrogen-bond donors (Lipinski definition) is 1. The van der Waals surface area contributed by atoms with Crippen molar-refractivity contribution in [3.63, 3.8) is 0 Å². The predicted molar refractivity (Wildman–Crippen MR) is 77.0 cm³/mol. The van der Waals surface area contributed by atoms with Crippen LogP contribution in [0.5, 0.6) is 0 Å². The van der Waals surface area contributed by atoms with Crippen LogP contribution < -0.4 is 5.73 Å². The fraction of sp³-hybridized carbons (Fsp3) is 0.400. The van der Waals surface area contributed by atoms with Crippen molar-refractivity contribution in [2.24, 2.45) is 5.73 Å². The lowest BCUT2D eigenvalue weighted by Crippen LogP contribution is -2.26. The molecule has 0 saturated carbocycles. The third-order valence-electron chi connectivity index (χ3n) is 3.59. The molecule has 0 aliphatic heterocycles. The molecule has 1 aromatic carbocycles. The number of aromatic nitrogens is 1. The number of rotatable bonds is 1. The third-order valence-corrected chi connectivity index (χ3v) is 4.74. The van der Waals surface area contributed by atoms with Crippen molar-refractivity contribution in [2.75, 3.05) is 0 Å². The van der Waals surface area contributed by atoms with Gasteiger partial charge in [0.2, 0.25) is 0 Å². The van der Waals surface area contributed by atoms with Gasteiger partial charge in [-0.15, -0.1) is 11.3 Å². The van der Waals surface area contributed by atoms with Crippen LogP contribution in [0.15, 0.2) is 18.2 Å². The summed E-state index contributed by atoms with van der Waals surface area (Å²) in [5.74, 6) is 0. The molecule has 3 heteroatoms. The van der Waals surface area contributed by atoms with Crippen LogP contribution in [-0.4, -0.2) is 11.0 Å². The van der Waals surface area contributed by atoms with Gasteiger partial charge in [-0.3, -0.25) is 0 Å². The fourth-order valence-corrected chi connectivity index (χ4v) is 3.86. The van der Waals surface area contributed by atoms with Crippen molar-refractivity contribution in [1.82, 2.24) is 4.98 Å². The molecule has 0 spiro atoms. The highest BCUT2D eigenvalue weighted by molar-refractivity contribution is 7.15. The highest BCUT2D eigenvalue weighted by Crippen LogP contribution is 2.34. The molecule has 3 rings (SSSR count). The first-order valence-electron chi connectivity index (χ1n) is 6.45. The molecule has 1 unspecified atom stereocenters. The van der Waals surface area contributed by atoms with Crippen LogP contribution in [-0.2, 0) is 12.8 Å². The number of nitrogens with two attached hydrogens (primary N) is 1. The maximum absolute atomic E-state index is 6.03. The molecule has 0 saturated heterocycles. The smallest absolute Gasteiger partial charge is 0.124 e. The molecular formula is C15H18N2S. The van der Waals surface area contributed by atoms with Gasteiger partial charge in [0.05, 0.1) is 5.69 Å². The summed E-state index contributed by atoms with van der Waals surface area (Å²) >= 11 is 1.82.